The van der Waals surface area contributed by atoms with Crippen LogP contribution in [0.25, 0.3) is 0 Å². The summed E-state index contributed by atoms with van der Waals surface area (Å²) in [7, 11) is 4.61. The van der Waals surface area contributed by atoms with E-state index in [0.29, 0.717) is 34.1 Å². The first-order chi connectivity index (χ1) is 15.9. The van der Waals surface area contributed by atoms with Crippen LogP contribution in [0.15, 0.2) is 66.7 Å². The topological polar surface area (TPSA) is 85.3 Å². The lowest BCUT2D eigenvalue weighted by Gasteiger charge is -2.23. The zero-order chi connectivity index (χ0) is 23.6. The minimum absolute atomic E-state index is 0.200. The molecule has 7 heteroatoms. The maximum absolute atomic E-state index is 13.5. The van der Waals surface area contributed by atoms with Crippen LogP contribution in [-0.4, -0.2) is 38.1 Å². The molecule has 0 aliphatic carbocycles. The Morgan fingerprint density at radius 1 is 0.909 bits per heavy atom. The van der Waals surface area contributed by atoms with E-state index in [2.05, 4.69) is 0 Å². The van der Waals surface area contributed by atoms with Gasteiger partial charge < -0.3 is 24.2 Å². The minimum atomic E-state index is -1.96. The van der Waals surface area contributed by atoms with Crippen LogP contribution in [0.3, 0.4) is 0 Å². The molecule has 33 heavy (non-hydrogen) atoms. The number of carbonyl (C=O) groups is 2. The molecule has 0 fully saturated rings. The van der Waals surface area contributed by atoms with Gasteiger partial charge in [-0.25, -0.2) is 0 Å². The largest absolute Gasteiger partial charge is 0.497 e. The summed E-state index contributed by atoms with van der Waals surface area (Å²) in [6.45, 7) is 0.200. The normalized spacial score (nSPS) is 17.0. The molecule has 7 nitrogen and oxygen atoms in total. The zero-order valence-corrected chi connectivity index (χ0v) is 18.7. The average Bonchev–Trinajstić information content (AvgIpc) is 3.05. The smallest absolute Gasteiger partial charge is 0.264 e. The van der Waals surface area contributed by atoms with Crippen LogP contribution >= 0.6 is 0 Å². The maximum atomic E-state index is 13.5. The molecule has 0 bridgehead atoms. The monoisotopic (exact) mass is 447 g/mol. The quantitative estimate of drug-likeness (QED) is 0.530. The van der Waals surface area contributed by atoms with Crippen molar-refractivity contribution >= 4 is 17.4 Å². The number of anilines is 1. The van der Waals surface area contributed by atoms with Crippen molar-refractivity contribution in [2.24, 2.45) is 0 Å². The Morgan fingerprint density at radius 2 is 1.67 bits per heavy atom. The van der Waals surface area contributed by atoms with E-state index in [1.807, 2.05) is 6.07 Å². The van der Waals surface area contributed by atoms with Gasteiger partial charge in [-0.2, -0.15) is 0 Å². The predicted molar refractivity (Wildman–Crippen MR) is 123 cm³/mol. The van der Waals surface area contributed by atoms with Crippen LogP contribution in [0.1, 0.15) is 27.9 Å². The summed E-state index contributed by atoms with van der Waals surface area (Å²) in [6, 6.07) is 19.0. The summed E-state index contributed by atoms with van der Waals surface area (Å²) in [5, 5.41) is 11.5. The van der Waals surface area contributed by atoms with Crippen LogP contribution in [0.2, 0.25) is 0 Å². The second kappa shape index (κ2) is 8.96. The number of ether oxygens (including phenoxy) is 3. The third kappa shape index (κ3) is 4.03. The number of para-hydroxylation sites is 1. The number of Topliss-reactive ketones (excluding diaryl/α,β-unsaturated/α-hetero) is 1. The van der Waals surface area contributed by atoms with Crippen molar-refractivity contribution in [2.75, 3.05) is 26.2 Å². The summed E-state index contributed by atoms with van der Waals surface area (Å²) in [6.07, 6.45) is -0.377. The van der Waals surface area contributed by atoms with Crippen LogP contribution in [0, 0.1) is 0 Å². The van der Waals surface area contributed by atoms with E-state index in [0.717, 1.165) is 5.56 Å². The van der Waals surface area contributed by atoms with Crippen molar-refractivity contribution in [3.63, 3.8) is 0 Å². The van der Waals surface area contributed by atoms with Gasteiger partial charge >= 0.3 is 0 Å². The summed E-state index contributed by atoms with van der Waals surface area (Å²) in [5.41, 5.74) is 0.170. The van der Waals surface area contributed by atoms with E-state index in [4.69, 9.17) is 14.2 Å². The van der Waals surface area contributed by atoms with Gasteiger partial charge in [0.15, 0.2) is 22.9 Å². The second-order valence-corrected chi connectivity index (χ2v) is 7.79. The molecule has 1 heterocycles. The molecular formula is C26H25NO6. The van der Waals surface area contributed by atoms with Crippen molar-refractivity contribution in [1.29, 1.82) is 0 Å². The molecule has 1 N–H and O–H groups in total. The molecule has 0 aromatic heterocycles. The van der Waals surface area contributed by atoms with E-state index in [9.17, 15) is 14.7 Å². The summed E-state index contributed by atoms with van der Waals surface area (Å²) in [5.74, 6) is 0.747. The van der Waals surface area contributed by atoms with Gasteiger partial charge in [-0.05, 0) is 35.9 Å². The number of carbonyl (C=O) groups excluding carboxylic acids is 2. The van der Waals surface area contributed by atoms with Crippen molar-refractivity contribution in [3.05, 3.63) is 83.4 Å². The van der Waals surface area contributed by atoms with Crippen LogP contribution in [-0.2, 0) is 16.9 Å². The number of hydrogen-bond donors (Lipinski definition) is 1. The molecule has 1 aliphatic rings. The third-order valence-corrected chi connectivity index (χ3v) is 5.84. The lowest BCUT2D eigenvalue weighted by molar-refractivity contribution is -0.136. The number of rotatable bonds is 8. The molecule has 0 saturated heterocycles. The Hall–Kier alpha value is -3.84. The van der Waals surface area contributed by atoms with Gasteiger partial charge in [0, 0.05) is 11.1 Å². The molecular weight excluding hydrogens is 422 g/mol. The minimum Gasteiger partial charge on any atom is -0.497 e. The number of hydrogen-bond acceptors (Lipinski definition) is 6. The van der Waals surface area contributed by atoms with Gasteiger partial charge in [0.25, 0.3) is 5.91 Å². The Balaban J connectivity index is 1.66. The van der Waals surface area contributed by atoms with E-state index in [1.54, 1.807) is 74.9 Å². The molecule has 0 spiro atoms. The van der Waals surface area contributed by atoms with Gasteiger partial charge in [0.05, 0.1) is 40.0 Å². The van der Waals surface area contributed by atoms with Crippen molar-refractivity contribution in [3.8, 4) is 17.2 Å². The maximum Gasteiger partial charge on any atom is 0.264 e. The van der Waals surface area contributed by atoms with Crippen molar-refractivity contribution in [1.82, 2.24) is 0 Å². The molecule has 0 radical (unpaired) electrons. The molecule has 3 aromatic carbocycles. The SMILES string of the molecule is COc1cccc(C(=O)CC2(O)C(=O)N(Cc3ccc(OC)c(OC)c3)c3ccccc32)c1. The van der Waals surface area contributed by atoms with Crippen LogP contribution in [0.5, 0.6) is 17.2 Å². The number of fused-ring (bicyclic) bond motifs is 1. The Morgan fingerprint density at radius 3 is 2.39 bits per heavy atom. The molecule has 0 saturated carbocycles. The number of amides is 1. The fourth-order valence-electron chi connectivity index (χ4n) is 4.13. The fraction of sp³-hybridized carbons (Fsp3) is 0.231. The second-order valence-electron chi connectivity index (χ2n) is 7.79. The van der Waals surface area contributed by atoms with Crippen molar-refractivity contribution in [2.45, 2.75) is 18.6 Å². The fourth-order valence-corrected chi connectivity index (χ4v) is 4.13. The molecule has 1 aliphatic heterocycles. The molecule has 170 valence electrons. The van der Waals surface area contributed by atoms with E-state index in [1.165, 1.54) is 12.0 Å². The number of nitrogens with zero attached hydrogens (tertiary/aromatic N) is 1. The summed E-state index contributed by atoms with van der Waals surface area (Å²) in [4.78, 5) is 28.0. The first kappa shape index (κ1) is 22.4. The Labute approximate surface area is 192 Å². The van der Waals surface area contributed by atoms with Gasteiger partial charge in [-0.15, -0.1) is 0 Å². The average molecular weight is 447 g/mol. The highest BCUT2D eigenvalue weighted by Gasteiger charge is 2.50. The highest BCUT2D eigenvalue weighted by atomic mass is 16.5. The number of methoxy groups -OCH3 is 3. The van der Waals surface area contributed by atoms with Crippen molar-refractivity contribution < 1.29 is 28.9 Å². The number of aliphatic hydroxyl groups is 1. The molecule has 1 atom stereocenters. The van der Waals surface area contributed by atoms with Gasteiger partial charge in [0.2, 0.25) is 0 Å². The van der Waals surface area contributed by atoms with Crippen LogP contribution in [0.4, 0.5) is 5.69 Å². The lowest BCUT2D eigenvalue weighted by Crippen LogP contribution is -2.41. The van der Waals surface area contributed by atoms with E-state index < -0.39 is 11.5 Å². The lowest BCUT2D eigenvalue weighted by atomic mass is 9.88. The zero-order valence-electron chi connectivity index (χ0n) is 18.7. The standard InChI is InChI=1S/C26H25NO6/c1-31-19-8-6-7-18(14-19)22(28)15-26(30)20-9-4-5-10-21(20)27(25(26)29)16-17-11-12-23(32-2)24(13-17)33-3/h4-14,30H,15-16H2,1-3H3. The first-order valence-electron chi connectivity index (χ1n) is 10.4. The molecule has 1 unspecified atom stereocenters. The summed E-state index contributed by atoms with van der Waals surface area (Å²) < 4.78 is 15.8. The molecule has 3 aromatic rings. The third-order valence-electron chi connectivity index (χ3n) is 5.84. The van der Waals surface area contributed by atoms with Gasteiger partial charge in [0.1, 0.15) is 5.75 Å². The van der Waals surface area contributed by atoms with E-state index in [-0.39, 0.29) is 18.7 Å². The first-order valence-corrected chi connectivity index (χ1v) is 10.4. The van der Waals surface area contributed by atoms with E-state index >= 15 is 0 Å². The van der Waals surface area contributed by atoms with Gasteiger partial charge in [-0.1, -0.05) is 36.4 Å². The Kier molecular flexibility index (Phi) is 6.07. The van der Waals surface area contributed by atoms with Gasteiger partial charge in [-0.3, -0.25) is 9.59 Å². The van der Waals surface area contributed by atoms with Crippen LogP contribution < -0.4 is 19.1 Å². The predicted octanol–water partition coefficient (Wildman–Crippen LogP) is 3.72. The Bertz CT molecular complexity index is 1210. The molecule has 4 rings (SSSR count). The highest BCUT2D eigenvalue weighted by molar-refractivity contribution is 6.10. The summed E-state index contributed by atoms with van der Waals surface area (Å²) >= 11 is 0. The number of ketones is 1. The highest BCUT2D eigenvalue weighted by Crippen LogP contribution is 2.44. The molecule has 1 amide bonds. The number of benzene rings is 3.